The zero-order valence-corrected chi connectivity index (χ0v) is 26.0. The van der Waals surface area contributed by atoms with E-state index in [9.17, 15) is 0 Å². The highest BCUT2D eigenvalue weighted by molar-refractivity contribution is 5.96. The summed E-state index contributed by atoms with van der Waals surface area (Å²) in [4.78, 5) is 2.33. The van der Waals surface area contributed by atoms with Crippen LogP contribution in [0.2, 0.25) is 0 Å². The first-order valence-corrected chi connectivity index (χ1v) is 16.1. The molecule has 0 spiro atoms. The van der Waals surface area contributed by atoms with Crippen LogP contribution in [-0.2, 0) is 5.41 Å². The SMILES string of the molecule is CC1(C)c2ccccc2-c2ccc(-c3cccc(-c4cccc(-c5cc(-c6ccccc6)c6c(c5)N5C=CC=CC5N6)c4)c3)cc21. The molecule has 46 heavy (non-hydrogen) atoms. The summed E-state index contributed by atoms with van der Waals surface area (Å²) in [5, 5.41) is 3.75. The molecule has 0 aromatic heterocycles. The van der Waals surface area contributed by atoms with Gasteiger partial charge in [0, 0.05) is 17.2 Å². The molecule has 6 aromatic rings. The van der Waals surface area contributed by atoms with Crippen LogP contribution >= 0.6 is 0 Å². The Morgan fingerprint density at radius 2 is 1.13 bits per heavy atom. The number of rotatable bonds is 4. The number of hydrogen-bond donors (Lipinski definition) is 1. The molecule has 1 aliphatic carbocycles. The monoisotopic (exact) mass is 590 g/mol. The van der Waals surface area contributed by atoms with Crippen LogP contribution in [0, 0.1) is 0 Å². The van der Waals surface area contributed by atoms with Crippen LogP contribution in [0.15, 0.2) is 158 Å². The van der Waals surface area contributed by atoms with Gasteiger partial charge < -0.3 is 10.2 Å². The van der Waals surface area contributed by atoms with Crippen LogP contribution in [0.3, 0.4) is 0 Å². The molecule has 0 saturated heterocycles. The van der Waals surface area contributed by atoms with Gasteiger partial charge >= 0.3 is 0 Å². The van der Waals surface area contributed by atoms with Gasteiger partial charge in [0.25, 0.3) is 0 Å². The van der Waals surface area contributed by atoms with Crippen molar-refractivity contribution in [2.45, 2.75) is 25.4 Å². The average molecular weight is 591 g/mol. The normalized spacial score (nSPS) is 16.4. The Bertz CT molecular complexity index is 2220. The second-order valence-corrected chi connectivity index (χ2v) is 13.1. The minimum Gasteiger partial charge on any atom is -0.359 e. The predicted octanol–water partition coefficient (Wildman–Crippen LogP) is 11.3. The molecule has 2 aliphatic heterocycles. The molecule has 3 aliphatic rings. The Balaban J connectivity index is 1.11. The first-order valence-electron chi connectivity index (χ1n) is 16.1. The quantitative estimate of drug-likeness (QED) is 0.220. The summed E-state index contributed by atoms with van der Waals surface area (Å²) in [7, 11) is 0. The van der Waals surface area contributed by atoms with E-state index in [2.05, 4.69) is 182 Å². The summed E-state index contributed by atoms with van der Waals surface area (Å²) in [5.74, 6) is 0. The van der Waals surface area contributed by atoms with Crippen molar-refractivity contribution in [2.75, 3.05) is 10.2 Å². The van der Waals surface area contributed by atoms with Gasteiger partial charge in [-0.2, -0.15) is 0 Å². The van der Waals surface area contributed by atoms with E-state index in [4.69, 9.17) is 0 Å². The predicted molar refractivity (Wildman–Crippen MR) is 194 cm³/mol. The lowest BCUT2D eigenvalue weighted by atomic mass is 9.81. The van der Waals surface area contributed by atoms with E-state index in [1.54, 1.807) is 0 Å². The van der Waals surface area contributed by atoms with E-state index in [1.807, 2.05) is 0 Å². The highest BCUT2D eigenvalue weighted by Crippen LogP contribution is 2.50. The number of benzene rings is 6. The molecule has 1 atom stereocenters. The molecule has 220 valence electrons. The Labute approximate surface area is 271 Å². The molecule has 0 fully saturated rings. The lowest BCUT2D eigenvalue weighted by molar-refractivity contribution is 0.660. The van der Waals surface area contributed by atoms with Crippen molar-refractivity contribution >= 4 is 11.4 Å². The number of allylic oxidation sites excluding steroid dienone is 2. The van der Waals surface area contributed by atoms with Crippen LogP contribution in [0.5, 0.6) is 0 Å². The maximum Gasteiger partial charge on any atom is 0.123 e. The standard InChI is InChI=1S/C44H34N2/c1-44(2)39-19-7-6-18-36(39)37-22-21-34(27-40(37)44)32-16-10-14-30(24-32)31-15-11-17-33(25-31)35-26-38(29-12-4-3-5-13-29)43-41(28-35)46-23-9-8-20-42(46)45-43/h3-28,42,45H,1-2H3. The Hall–Kier alpha value is -5.60. The molecule has 1 unspecified atom stereocenters. The number of nitrogens with zero attached hydrogens (tertiary/aromatic N) is 1. The van der Waals surface area contributed by atoms with Crippen molar-refractivity contribution in [3.63, 3.8) is 0 Å². The van der Waals surface area contributed by atoms with E-state index < -0.39 is 0 Å². The fourth-order valence-electron chi connectivity index (χ4n) is 7.63. The van der Waals surface area contributed by atoms with Gasteiger partial charge in [-0.15, -0.1) is 0 Å². The summed E-state index contributed by atoms with van der Waals surface area (Å²) in [5.41, 5.74) is 17.7. The molecule has 1 N–H and O–H groups in total. The highest BCUT2D eigenvalue weighted by atomic mass is 15.3. The molecule has 9 rings (SSSR count). The second-order valence-electron chi connectivity index (χ2n) is 13.1. The Kier molecular flexibility index (Phi) is 5.95. The Morgan fingerprint density at radius 3 is 1.89 bits per heavy atom. The smallest absolute Gasteiger partial charge is 0.123 e. The first kappa shape index (κ1) is 26.8. The zero-order chi connectivity index (χ0) is 30.8. The van der Waals surface area contributed by atoms with Gasteiger partial charge in [-0.1, -0.05) is 123 Å². The molecule has 0 amide bonds. The summed E-state index contributed by atoms with van der Waals surface area (Å²) in [6.07, 6.45) is 8.73. The number of hydrogen-bond acceptors (Lipinski definition) is 2. The van der Waals surface area contributed by atoms with Crippen LogP contribution in [-0.4, -0.2) is 6.17 Å². The maximum absolute atomic E-state index is 3.75. The molecule has 2 heteroatoms. The van der Waals surface area contributed by atoms with E-state index in [-0.39, 0.29) is 11.6 Å². The number of anilines is 2. The minimum atomic E-state index is -0.0157. The fraction of sp³-hybridized carbons (Fsp3) is 0.0909. The van der Waals surface area contributed by atoms with Gasteiger partial charge in [0.05, 0.1) is 11.4 Å². The van der Waals surface area contributed by atoms with Gasteiger partial charge in [0.2, 0.25) is 0 Å². The van der Waals surface area contributed by atoms with Crippen LogP contribution in [0.1, 0.15) is 25.0 Å². The summed E-state index contributed by atoms with van der Waals surface area (Å²) < 4.78 is 0. The highest BCUT2D eigenvalue weighted by Gasteiger charge is 2.35. The fourth-order valence-corrected chi connectivity index (χ4v) is 7.63. The van der Waals surface area contributed by atoms with Crippen LogP contribution < -0.4 is 10.2 Å². The van der Waals surface area contributed by atoms with Crippen molar-refractivity contribution in [1.29, 1.82) is 0 Å². The van der Waals surface area contributed by atoms with Crippen LogP contribution in [0.4, 0.5) is 11.4 Å². The third-order valence-electron chi connectivity index (χ3n) is 10.0. The summed E-state index contributed by atoms with van der Waals surface area (Å²) >= 11 is 0. The van der Waals surface area contributed by atoms with Crippen molar-refractivity contribution in [3.8, 4) is 55.6 Å². The lowest BCUT2D eigenvalue weighted by Gasteiger charge is -2.22. The van der Waals surface area contributed by atoms with Gasteiger partial charge in [-0.3, -0.25) is 0 Å². The zero-order valence-electron chi connectivity index (χ0n) is 26.0. The van der Waals surface area contributed by atoms with Crippen molar-refractivity contribution < 1.29 is 0 Å². The van der Waals surface area contributed by atoms with Crippen molar-refractivity contribution in [2.24, 2.45) is 0 Å². The molecule has 2 nitrogen and oxygen atoms in total. The third-order valence-corrected chi connectivity index (χ3v) is 10.0. The molecule has 2 heterocycles. The summed E-state index contributed by atoms with van der Waals surface area (Å²) in [6, 6.07) is 49.2. The van der Waals surface area contributed by atoms with Gasteiger partial charge in [-0.25, -0.2) is 0 Å². The number of nitrogens with one attached hydrogen (secondary N) is 1. The molecular formula is C44H34N2. The van der Waals surface area contributed by atoms with Gasteiger partial charge in [-0.05, 0) is 104 Å². The molecule has 0 bridgehead atoms. The van der Waals surface area contributed by atoms with E-state index >= 15 is 0 Å². The third kappa shape index (κ3) is 4.18. The second kappa shape index (κ2) is 10.2. The molecule has 6 aromatic carbocycles. The van der Waals surface area contributed by atoms with Crippen molar-refractivity contribution in [1.82, 2.24) is 0 Å². The molecule has 0 radical (unpaired) electrons. The van der Waals surface area contributed by atoms with Crippen molar-refractivity contribution in [3.05, 3.63) is 169 Å². The lowest BCUT2D eigenvalue weighted by Crippen LogP contribution is -2.30. The number of fused-ring (bicyclic) bond motifs is 6. The Morgan fingerprint density at radius 1 is 0.500 bits per heavy atom. The van der Waals surface area contributed by atoms with Crippen LogP contribution in [0.25, 0.3) is 55.6 Å². The minimum absolute atomic E-state index is 0.0157. The maximum atomic E-state index is 3.75. The van der Waals surface area contributed by atoms with Gasteiger partial charge in [0.15, 0.2) is 0 Å². The van der Waals surface area contributed by atoms with Gasteiger partial charge in [0.1, 0.15) is 6.17 Å². The molecule has 0 saturated carbocycles. The van der Waals surface area contributed by atoms with E-state index in [0.717, 1.165) is 0 Å². The topological polar surface area (TPSA) is 15.3 Å². The largest absolute Gasteiger partial charge is 0.359 e. The first-order chi connectivity index (χ1) is 22.5. The van der Waals surface area contributed by atoms with E-state index in [1.165, 1.54) is 78.1 Å². The molecular weight excluding hydrogens is 556 g/mol. The summed E-state index contributed by atoms with van der Waals surface area (Å²) in [6.45, 7) is 4.69. The average Bonchev–Trinajstić information content (AvgIpc) is 3.60. The van der Waals surface area contributed by atoms with E-state index in [0.29, 0.717) is 0 Å².